The van der Waals surface area contributed by atoms with Crippen LogP contribution in [0.5, 0.6) is 0 Å². The second kappa shape index (κ2) is 6.38. The number of tetrazole rings is 1. The molecule has 2 aromatic heterocycles. The molecule has 1 saturated heterocycles. The molecule has 1 fully saturated rings. The molecular formula is C14H20N8O2. The largest absolute Gasteiger partial charge is 0.444 e. The van der Waals surface area contributed by atoms with Gasteiger partial charge in [0, 0.05) is 26.2 Å². The summed E-state index contributed by atoms with van der Waals surface area (Å²) in [4.78, 5) is 24.5. The van der Waals surface area contributed by atoms with Crippen molar-refractivity contribution in [2.24, 2.45) is 0 Å². The van der Waals surface area contributed by atoms with Gasteiger partial charge in [-0.2, -0.15) is 4.68 Å². The van der Waals surface area contributed by atoms with Gasteiger partial charge >= 0.3 is 6.09 Å². The molecule has 3 heterocycles. The third-order valence-corrected chi connectivity index (χ3v) is 3.45. The summed E-state index contributed by atoms with van der Waals surface area (Å²) in [5, 5.41) is 10.9. The maximum atomic E-state index is 12.1. The number of amides is 1. The van der Waals surface area contributed by atoms with Crippen molar-refractivity contribution in [2.75, 3.05) is 31.1 Å². The molecule has 10 nitrogen and oxygen atoms in total. The molecule has 0 bridgehead atoms. The fourth-order valence-corrected chi connectivity index (χ4v) is 2.29. The zero-order valence-corrected chi connectivity index (χ0v) is 14.0. The van der Waals surface area contributed by atoms with Gasteiger partial charge in [0.15, 0.2) is 0 Å². The van der Waals surface area contributed by atoms with Crippen molar-refractivity contribution in [3.05, 3.63) is 18.7 Å². The minimum Gasteiger partial charge on any atom is -0.444 e. The van der Waals surface area contributed by atoms with Crippen molar-refractivity contribution >= 4 is 12.0 Å². The number of rotatable bonds is 2. The lowest BCUT2D eigenvalue weighted by Gasteiger charge is -2.35. The Hall–Kier alpha value is -2.78. The Bertz CT molecular complexity index is 672. The minimum absolute atomic E-state index is 0.280. The number of hydrogen-bond acceptors (Lipinski definition) is 8. The van der Waals surface area contributed by atoms with Crippen molar-refractivity contribution in [1.29, 1.82) is 0 Å². The van der Waals surface area contributed by atoms with E-state index in [0.29, 0.717) is 37.8 Å². The Morgan fingerprint density at radius 2 is 1.79 bits per heavy atom. The molecule has 24 heavy (non-hydrogen) atoms. The van der Waals surface area contributed by atoms with Crippen LogP contribution in [0.4, 0.5) is 10.7 Å². The second-order valence-corrected chi connectivity index (χ2v) is 6.45. The SMILES string of the molecule is CC(C)(C)OC(=O)N1CCN(c2ncc(-n3cnnn3)cn2)CC1. The van der Waals surface area contributed by atoms with E-state index in [1.165, 1.54) is 11.0 Å². The predicted octanol–water partition coefficient (Wildman–Crippen LogP) is 0.509. The third-order valence-electron chi connectivity index (χ3n) is 3.45. The first-order chi connectivity index (χ1) is 11.4. The molecule has 0 radical (unpaired) electrons. The average molecular weight is 332 g/mol. The lowest BCUT2D eigenvalue weighted by molar-refractivity contribution is 0.0240. The van der Waals surface area contributed by atoms with Crippen molar-refractivity contribution < 1.29 is 9.53 Å². The van der Waals surface area contributed by atoms with Gasteiger partial charge in [0.05, 0.1) is 12.4 Å². The first kappa shape index (κ1) is 16.1. The van der Waals surface area contributed by atoms with Crippen LogP contribution in [-0.2, 0) is 4.74 Å². The van der Waals surface area contributed by atoms with E-state index in [4.69, 9.17) is 4.74 Å². The van der Waals surface area contributed by atoms with Gasteiger partial charge in [-0.1, -0.05) is 0 Å². The first-order valence-corrected chi connectivity index (χ1v) is 7.71. The maximum absolute atomic E-state index is 12.1. The summed E-state index contributed by atoms with van der Waals surface area (Å²) in [5.41, 5.74) is 0.208. The normalized spacial score (nSPS) is 15.5. The summed E-state index contributed by atoms with van der Waals surface area (Å²) in [6, 6.07) is 0. The van der Waals surface area contributed by atoms with Crippen LogP contribution in [0.1, 0.15) is 20.8 Å². The van der Waals surface area contributed by atoms with E-state index in [-0.39, 0.29) is 6.09 Å². The van der Waals surface area contributed by atoms with Crippen LogP contribution in [0, 0.1) is 0 Å². The Kier molecular flexibility index (Phi) is 4.28. The molecule has 3 rings (SSSR count). The number of carbonyl (C=O) groups excluding carboxylic acids is 1. The lowest BCUT2D eigenvalue weighted by atomic mass is 10.2. The van der Waals surface area contributed by atoms with Crippen LogP contribution in [0.25, 0.3) is 5.69 Å². The van der Waals surface area contributed by atoms with Gasteiger partial charge in [-0.05, 0) is 31.2 Å². The van der Waals surface area contributed by atoms with Crippen LogP contribution in [0.3, 0.4) is 0 Å². The van der Waals surface area contributed by atoms with Crippen molar-refractivity contribution in [2.45, 2.75) is 26.4 Å². The van der Waals surface area contributed by atoms with Gasteiger partial charge in [0.1, 0.15) is 17.6 Å². The zero-order chi connectivity index (χ0) is 17.2. The molecule has 0 unspecified atom stereocenters. The highest BCUT2D eigenvalue weighted by molar-refractivity contribution is 5.68. The van der Waals surface area contributed by atoms with E-state index in [2.05, 4.69) is 25.5 Å². The van der Waals surface area contributed by atoms with E-state index in [1.807, 2.05) is 25.7 Å². The fourth-order valence-electron chi connectivity index (χ4n) is 2.29. The van der Waals surface area contributed by atoms with E-state index >= 15 is 0 Å². The smallest absolute Gasteiger partial charge is 0.410 e. The highest BCUT2D eigenvalue weighted by Gasteiger charge is 2.26. The maximum Gasteiger partial charge on any atom is 0.410 e. The Labute approximate surface area is 139 Å². The van der Waals surface area contributed by atoms with E-state index < -0.39 is 5.60 Å². The average Bonchev–Trinajstić information content (AvgIpc) is 3.08. The number of aromatic nitrogens is 6. The van der Waals surface area contributed by atoms with Gasteiger partial charge in [-0.15, -0.1) is 5.10 Å². The quantitative estimate of drug-likeness (QED) is 0.784. The molecule has 0 aromatic carbocycles. The summed E-state index contributed by atoms with van der Waals surface area (Å²) in [6.07, 6.45) is 4.53. The van der Waals surface area contributed by atoms with Crippen molar-refractivity contribution in [3.63, 3.8) is 0 Å². The third kappa shape index (κ3) is 3.76. The summed E-state index contributed by atoms with van der Waals surface area (Å²) in [6.45, 7) is 8.05. The monoisotopic (exact) mass is 332 g/mol. The van der Waals surface area contributed by atoms with Crippen molar-refractivity contribution in [3.8, 4) is 5.69 Å². The number of piperazine rings is 1. The minimum atomic E-state index is -0.483. The Balaban J connectivity index is 1.58. The van der Waals surface area contributed by atoms with Crippen LogP contribution in [-0.4, -0.2) is 72.9 Å². The standard InChI is InChI=1S/C14H20N8O2/c1-14(2,3)24-13(23)21-6-4-20(5-7-21)12-15-8-11(9-16-12)22-10-17-18-19-22/h8-10H,4-7H2,1-3H3. The number of carbonyl (C=O) groups is 1. The topological polar surface area (TPSA) is 102 Å². The van der Waals surface area contributed by atoms with Crippen molar-refractivity contribution in [1.82, 2.24) is 35.1 Å². The van der Waals surface area contributed by atoms with Gasteiger partial charge in [-0.25, -0.2) is 14.8 Å². The summed E-state index contributed by atoms with van der Waals surface area (Å²) in [7, 11) is 0. The number of nitrogens with zero attached hydrogens (tertiary/aromatic N) is 8. The number of ether oxygens (including phenoxy) is 1. The molecule has 0 atom stereocenters. The fraction of sp³-hybridized carbons (Fsp3) is 0.571. The highest BCUT2D eigenvalue weighted by Crippen LogP contribution is 2.15. The van der Waals surface area contributed by atoms with Gasteiger partial charge < -0.3 is 14.5 Å². The van der Waals surface area contributed by atoms with Crippen LogP contribution in [0.15, 0.2) is 18.7 Å². The van der Waals surface area contributed by atoms with Gasteiger partial charge in [0.25, 0.3) is 0 Å². The molecule has 10 heteroatoms. The van der Waals surface area contributed by atoms with Crippen LogP contribution in [0.2, 0.25) is 0 Å². The molecule has 2 aromatic rings. The Morgan fingerprint density at radius 1 is 1.12 bits per heavy atom. The summed E-state index contributed by atoms with van der Waals surface area (Å²) < 4.78 is 6.88. The molecule has 0 aliphatic carbocycles. The van der Waals surface area contributed by atoms with Crippen LogP contribution >= 0.6 is 0 Å². The highest BCUT2D eigenvalue weighted by atomic mass is 16.6. The lowest BCUT2D eigenvalue weighted by Crippen LogP contribution is -2.50. The second-order valence-electron chi connectivity index (χ2n) is 6.45. The van der Waals surface area contributed by atoms with E-state index in [9.17, 15) is 4.79 Å². The Morgan fingerprint density at radius 3 is 2.33 bits per heavy atom. The molecule has 1 aliphatic rings. The summed E-state index contributed by atoms with van der Waals surface area (Å²) in [5.74, 6) is 0.621. The number of hydrogen-bond donors (Lipinski definition) is 0. The first-order valence-electron chi connectivity index (χ1n) is 7.71. The summed E-state index contributed by atoms with van der Waals surface area (Å²) >= 11 is 0. The number of anilines is 1. The molecule has 128 valence electrons. The van der Waals surface area contributed by atoms with Gasteiger partial charge in [0.2, 0.25) is 5.95 Å². The molecule has 0 N–H and O–H groups in total. The predicted molar refractivity (Wildman–Crippen MR) is 84.8 cm³/mol. The van der Waals surface area contributed by atoms with Gasteiger partial charge in [-0.3, -0.25) is 0 Å². The molecule has 1 amide bonds. The van der Waals surface area contributed by atoms with E-state index in [1.54, 1.807) is 17.3 Å². The van der Waals surface area contributed by atoms with Crippen LogP contribution < -0.4 is 4.90 Å². The molecule has 0 saturated carbocycles. The molecular weight excluding hydrogens is 312 g/mol. The zero-order valence-electron chi connectivity index (χ0n) is 14.0. The molecule has 1 aliphatic heterocycles. The molecule has 0 spiro atoms. The van der Waals surface area contributed by atoms with E-state index in [0.717, 1.165) is 0 Å².